The number of nitrogens with zero attached hydrogens (tertiary/aromatic N) is 3. The molecule has 0 saturated heterocycles. The largest absolute Gasteiger partial charge is 0.452 e. The lowest BCUT2D eigenvalue weighted by atomic mass is 10.0. The Morgan fingerprint density at radius 2 is 1.20 bits per heavy atom. The van der Waals surface area contributed by atoms with Crippen molar-refractivity contribution in [3.63, 3.8) is 0 Å². The van der Waals surface area contributed by atoms with Crippen LogP contribution >= 0.6 is 11.3 Å². The fourth-order valence-electron chi connectivity index (χ4n) is 5.18. The van der Waals surface area contributed by atoms with Gasteiger partial charge in [-0.05, 0) is 47.5 Å². The molecule has 40 heavy (non-hydrogen) atoms. The molecule has 3 aromatic heterocycles. The summed E-state index contributed by atoms with van der Waals surface area (Å²) < 4.78 is 7.46. The molecular formula is C35H21N3OS. The first-order chi connectivity index (χ1) is 19.8. The molecule has 0 saturated carbocycles. The van der Waals surface area contributed by atoms with E-state index in [4.69, 9.17) is 19.4 Å². The molecule has 0 unspecified atom stereocenters. The van der Waals surface area contributed by atoms with Crippen molar-refractivity contribution in [2.45, 2.75) is 0 Å². The second-order valence-corrected chi connectivity index (χ2v) is 10.7. The van der Waals surface area contributed by atoms with E-state index in [9.17, 15) is 0 Å². The molecule has 4 nitrogen and oxygen atoms in total. The highest BCUT2D eigenvalue weighted by Crippen LogP contribution is 2.37. The van der Waals surface area contributed by atoms with Crippen molar-refractivity contribution in [3.05, 3.63) is 127 Å². The molecule has 188 valence electrons. The molecule has 8 aromatic rings. The molecule has 0 amide bonds. The minimum Gasteiger partial charge on any atom is -0.452 e. The van der Waals surface area contributed by atoms with Gasteiger partial charge in [-0.15, -0.1) is 11.3 Å². The standard InChI is InChI=1S/C35H21N3OS/c1-2-10-22(11-3-1)31-33-32(27-16-4-6-18-29(27)39-33)38-34(37-31)25-14-8-12-23(20-25)24-13-9-15-26(21-24)35-36-28-17-5-7-19-30(28)40-35/h1-21H. The zero-order valence-electron chi connectivity index (χ0n) is 21.3. The van der Waals surface area contributed by atoms with E-state index >= 15 is 0 Å². The second kappa shape index (κ2) is 9.26. The van der Waals surface area contributed by atoms with Crippen molar-refractivity contribution in [1.29, 1.82) is 0 Å². The minimum absolute atomic E-state index is 0.669. The molecule has 5 aromatic carbocycles. The van der Waals surface area contributed by atoms with Crippen molar-refractivity contribution < 1.29 is 4.42 Å². The summed E-state index contributed by atoms with van der Waals surface area (Å²) in [6.45, 7) is 0. The number of rotatable bonds is 4. The molecule has 5 heteroatoms. The molecular weight excluding hydrogens is 510 g/mol. The van der Waals surface area contributed by atoms with Crippen molar-refractivity contribution in [1.82, 2.24) is 15.0 Å². The van der Waals surface area contributed by atoms with Crippen LogP contribution in [0.3, 0.4) is 0 Å². The van der Waals surface area contributed by atoms with E-state index < -0.39 is 0 Å². The zero-order valence-corrected chi connectivity index (χ0v) is 22.1. The lowest BCUT2D eigenvalue weighted by Gasteiger charge is -2.09. The average molecular weight is 532 g/mol. The van der Waals surface area contributed by atoms with Crippen molar-refractivity contribution in [2.75, 3.05) is 0 Å². The molecule has 0 aliphatic heterocycles. The minimum atomic E-state index is 0.669. The van der Waals surface area contributed by atoms with Crippen molar-refractivity contribution in [2.24, 2.45) is 0 Å². The van der Waals surface area contributed by atoms with E-state index in [1.807, 2.05) is 42.5 Å². The van der Waals surface area contributed by atoms with Crippen LogP contribution in [0, 0.1) is 0 Å². The molecule has 0 fully saturated rings. The summed E-state index contributed by atoms with van der Waals surface area (Å²) in [6.07, 6.45) is 0. The van der Waals surface area contributed by atoms with Crippen LogP contribution in [0.4, 0.5) is 0 Å². The fraction of sp³-hybridized carbons (Fsp3) is 0. The third kappa shape index (κ3) is 3.87. The van der Waals surface area contributed by atoms with Gasteiger partial charge in [0.1, 0.15) is 21.8 Å². The first-order valence-corrected chi connectivity index (χ1v) is 13.9. The summed E-state index contributed by atoms with van der Waals surface area (Å²) >= 11 is 1.72. The van der Waals surface area contributed by atoms with Crippen LogP contribution in [-0.4, -0.2) is 15.0 Å². The highest BCUT2D eigenvalue weighted by atomic mass is 32.1. The van der Waals surface area contributed by atoms with Crippen LogP contribution in [0.2, 0.25) is 0 Å². The van der Waals surface area contributed by atoms with E-state index in [0.29, 0.717) is 11.4 Å². The van der Waals surface area contributed by atoms with Gasteiger partial charge in [0.2, 0.25) is 0 Å². The Bertz CT molecular complexity index is 2150. The maximum absolute atomic E-state index is 6.27. The number of para-hydroxylation sites is 2. The van der Waals surface area contributed by atoms with Crippen LogP contribution < -0.4 is 0 Å². The Kier molecular flexibility index (Phi) is 5.28. The van der Waals surface area contributed by atoms with Crippen LogP contribution in [-0.2, 0) is 0 Å². The first-order valence-electron chi connectivity index (χ1n) is 13.1. The van der Waals surface area contributed by atoms with E-state index in [0.717, 1.165) is 60.5 Å². The molecule has 0 bridgehead atoms. The molecule has 0 radical (unpaired) electrons. The van der Waals surface area contributed by atoms with Crippen LogP contribution in [0.5, 0.6) is 0 Å². The maximum Gasteiger partial charge on any atom is 0.180 e. The van der Waals surface area contributed by atoms with Gasteiger partial charge in [-0.2, -0.15) is 0 Å². The van der Waals surface area contributed by atoms with Crippen molar-refractivity contribution >= 4 is 43.6 Å². The molecule has 0 spiro atoms. The number of fused-ring (bicyclic) bond motifs is 4. The molecule has 0 atom stereocenters. The lowest BCUT2D eigenvalue weighted by Crippen LogP contribution is -1.94. The summed E-state index contributed by atoms with van der Waals surface area (Å²) in [5.41, 5.74) is 9.43. The van der Waals surface area contributed by atoms with E-state index in [-0.39, 0.29) is 0 Å². The highest BCUT2D eigenvalue weighted by Gasteiger charge is 2.18. The van der Waals surface area contributed by atoms with Crippen LogP contribution in [0.15, 0.2) is 132 Å². The number of thiazole rings is 1. The molecule has 0 aliphatic rings. The topological polar surface area (TPSA) is 51.8 Å². The number of benzene rings is 5. The predicted molar refractivity (Wildman–Crippen MR) is 164 cm³/mol. The Labute approximate surface area is 234 Å². The summed E-state index contributed by atoms with van der Waals surface area (Å²) in [6, 6.07) is 43.4. The van der Waals surface area contributed by atoms with Gasteiger partial charge >= 0.3 is 0 Å². The van der Waals surface area contributed by atoms with Crippen molar-refractivity contribution in [3.8, 4) is 44.3 Å². The van der Waals surface area contributed by atoms with E-state index in [1.165, 1.54) is 4.70 Å². The third-order valence-corrected chi connectivity index (χ3v) is 8.21. The summed E-state index contributed by atoms with van der Waals surface area (Å²) in [5, 5.41) is 2.00. The quantitative estimate of drug-likeness (QED) is 0.227. The lowest BCUT2D eigenvalue weighted by molar-refractivity contribution is 0.667. The van der Waals surface area contributed by atoms with Crippen LogP contribution in [0.25, 0.3) is 76.6 Å². The van der Waals surface area contributed by atoms with Gasteiger partial charge in [-0.25, -0.2) is 15.0 Å². The Balaban J connectivity index is 1.26. The van der Waals surface area contributed by atoms with Gasteiger partial charge in [-0.1, -0.05) is 91.0 Å². The number of hydrogen-bond acceptors (Lipinski definition) is 5. The second-order valence-electron chi connectivity index (χ2n) is 9.69. The molecule has 0 N–H and O–H groups in total. The van der Waals surface area contributed by atoms with E-state index in [2.05, 4.69) is 84.9 Å². The molecule has 3 heterocycles. The summed E-state index contributed by atoms with van der Waals surface area (Å²) in [7, 11) is 0. The van der Waals surface area contributed by atoms with Gasteiger partial charge in [0.15, 0.2) is 11.4 Å². The summed E-state index contributed by atoms with van der Waals surface area (Å²) in [5.74, 6) is 0.669. The normalized spacial score (nSPS) is 11.5. The zero-order chi connectivity index (χ0) is 26.5. The van der Waals surface area contributed by atoms with Gasteiger partial charge in [0.25, 0.3) is 0 Å². The number of aromatic nitrogens is 3. The smallest absolute Gasteiger partial charge is 0.180 e. The Morgan fingerprint density at radius 1 is 0.525 bits per heavy atom. The van der Waals surface area contributed by atoms with Crippen LogP contribution in [0.1, 0.15) is 0 Å². The molecule has 8 rings (SSSR count). The highest BCUT2D eigenvalue weighted by molar-refractivity contribution is 7.21. The maximum atomic E-state index is 6.27. The SMILES string of the molecule is c1ccc(-c2nc(-c3cccc(-c4cccc(-c5nc6ccccc6s5)c4)c3)nc3c2oc2ccccc23)cc1. The van der Waals surface area contributed by atoms with Gasteiger partial charge in [0.05, 0.1) is 10.2 Å². The first kappa shape index (κ1) is 22.8. The predicted octanol–water partition coefficient (Wildman–Crippen LogP) is 9.65. The number of furan rings is 1. The Morgan fingerprint density at radius 3 is 2.05 bits per heavy atom. The van der Waals surface area contributed by atoms with Gasteiger partial charge < -0.3 is 4.42 Å². The fourth-order valence-corrected chi connectivity index (χ4v) is 6.14. The van der Waals surface area contributed by atoms with Gasteiger partial charge in [0, 0.05) is 22.1 Å². The van der Waals surface area contributed by atoms with Gasteiger partial charge in [-0.3, -0.25) is 0 Å². The monoisotopic (exact) mass is 531 g/mol. The van der Waals surface area contributed by atoms with E-state index in [1.54, 1.807) is 11.3 Å². The number of hydrogen-bond donors (Lipinski definition) is 0. The molecule has 0 aliphatic carbocycles. The average Bonchev–Trinajstić information content (AvgIpc) is 3.63. The summed E-state index contributed by atoms with van der Waals surface area (Å²) in [4.78, 5) is 14.9. The third-order valence-electron chi connectivity index (χ3n) is 7.12. The Hall–Kier alpha value is -5.13.